The molecular formula is C11H11IN2. The lowest BCUT2D eigenvalue weighted by Crippen LogP contribution is -1.81. The third-order valence-corrected chi connectivity index (χ3v) is 3.02. The normalized spacial score (nSPS) is 10.5. The van der Waals surface area contributed by atoms with Gasteiger partial charge in [-0.05, 0) is 42.0 Å². The Morgan fingerprint density at radius 3 is 2.29 bits per heavy atom. The summed E-state index contributed by atoms with van der Waals surface area (Å²) in [6.07, 6.45) is 0. The third kappa shape index (κ3) is 1.68. The monoisotopic (exact) mass is 298 g/mol. The van der Waals surface area contributed by atoms with Crippen LogP contribution in [0.4, 0.5) is 0 Å². The molecule has 0 amide bonds. The molecule has 0 saturated carbocycles. The maximum Gasteiger partial charge on any atom is 0.131 e. The zero-order valence-corrected chi connectivity index (χ0v) is 10.3. The van der Waals surface area contributed by atoms with Crippen molar-refractivity contribution < 1.29 is 0 Å². The summed E-state index contributed by atoms with van der Waals surface area (Å²) < 4.78 is 1.03. The predicted molar refractivity (Wildman–Crippen MR) is 66.2 cm³/mol. The van der Waals surface area contributed by atoms with Gasteiger partial charge in [-0.2, -0.15) is 5.10 Å². The first-order chi connectivity index (χ1) is 6.68. The molecule has 3 heteroatoms. The Bertz CT molecular complexity index is 423. The molecule has 0 aliphatic carbocycles. The highest BCUT2D eigenvalue weighted by atomic mass is 127. The van der Waals surface area contributed by atoms with Gasteiger partial charge in [0.1, 0.15) is 3.70 Å². The Morgan fingerprint density at radius 1 is 1.14 bits per heavy atom. The van der Waals surface area contributed by atoms with E-state index in [9.17, 15) is 0 Å². The van der Waals surface area contributed by atoms with Crippen LogP contribution in [0.2, 0.25) is 0 Å². The first-order valence-electron chi connectivity index (χ1n) is 4.46. The predicted octanol–water partition coefficient (Wildman–Crippen LogP) is 3.30. The molecular weight excluding hydrogens is 287 g/mol. The van der Waals surface area contributed by atoms with E-state index < -0.39 is 0 Å². The van der Waals surface area contributed by atoms with E-state index in [1.807, 2.05) is 6.92 Å². The molecule has 1 aromatic heterocycles. The third-order valence-electron chi connectivity index (χ3n) is 2.24. The Kier molecular flexibility index (Phi) is 2.58. The van der Waals surface area contributed by atoms with Crippen LogP contribution in [0, 0.1) is 17.5 Å². The minimum atomic E-state index is 1.03. The number of aromatic nitrogens is 2. The Balaban J connectivity index is 2.54. The van der Waals surface area contributed by atoms with Crippen LogP contribution >= 0.6 is 22.6 Å². The van der Waals surface area contributed by atoms with Gasteiger partial charge >= 0.3 is 0 Å². The van der Waals surface area contributed by atoms with Gasteiger partial charge in [0.15, 0.2) is 0 Å². The molecule has 1 heterocycles. The fraction of sp³-hybridized carbons (Fsp3) is 0.182. The van der Waals surface area contributed by atoms with Crippen LogP contribution in [0.25, 0.3) is 11.1 Å². The van der Waals surface area contributed by atoms with E-state index in [1.54, 1.807) is 0 Å². The van der Waals surface area contributed by atoms with Gasteiger partial charge in [-0.25, -0.2) is 0 Å². The van der Waals surface area contributed by atoms with Crippen molar-refractivity contribution in [2.45, 2.75) is 13.8 Å². The smallest absolute Gasteiger partial charge is 0.131 e. The van der Waals surface area contributed by atoms with Crippen LogP contribution in [-0.4, -0.2) is 10.2 Å². The molecule has 0 aliphatic rings. The Hall–Kier alpha value is -0.840. The molecule has 0 fully saturated rings. The average Bonchev–Trinajstić information content (AvgIpc) is 2.49. The molecule has 0 unspecified atom stereocenters. The quantitative estimate of drug-likeness (QED) is 0.804. The fourth-order valence-electron chi connectivity index (χ4n) is 1.46. The van der Waals surface area contributed by atoms with E-state index in [1.165, 1.54) is 16.7 Å². The van der Waals surface area contributed by atoms with Gasteiger partial charge in [-0.3, -0.25) is 5.10 Å². The van der Waals surface area contributed by atoms with Gasteiger partial charge in [-0.1, -0.05) is 29.8 Å². The highest BCUT2D eigenvalue weighted by Crippen LogP contribution is 2.26. The van der Waals surface area contributed by atoms with Crippen molar-refractivity contribution >= 4 is 22.6 Å². The summed E-state index contributed by atoms with van der Waals surface area (Å²) in [5.74, 6) is 0. The SMILES string of the molecule is Cc1ccc(-c2c(I)n[nH]c2C)cc1. The summed E-state index contributed by atoms with van der Waals surface area (Å²) in [7, 11) is 0. The lowest BCUT2D eigenvalue weighted by molar-refractivity contribution is 1.03. The van der Waals surface area contributed by atoms with Crippen LogP contribution in [0.5, 0.6) is 0 Å². The molecule has 0 saturated heterocycles. The molecule has 1 aromatic carbocycles. The maximum atomic E-state index is 4.18. The fourth-order valence-corrected chi connectivity index (χ4v) is 2.29. The lowest BCUT2D eigenvalue weighted by atomic mass is 10.1. The summed E-state index contributed by atoms with van der Waals surface area (Å²) >= 11 is 2.25. The molecule has 0 atom stereocenters. The second kappa shape index (κ2) is 3.73. The van der Waals surface area contributed by atoms with Gasteiger partial charge < -0.3 is 0 Å². The van der Waals surface area contributed by atoms with Gasteiger partial charge in [0, 0.05) is 11.3 Å². The molecule has 2 nitrogen and oxygen atoms in total. The number of rotatable bonds is 1. The summed E-state index contributed by atoms with van der Waals surface area (Å²) in [4.78, 5) is 0. The number of halogens is 1. The lowest BCUT2D eigenvalue weighted by Gasteiger charge is -2.00. The van der Waals surface area contributed by atoms with Gasteiger partial charge in [0.2, 0.25) is 0 Å². The van der Waals surface area contributed by atoms with E-state index in [0.29, 0.717) is 0 Å². The van der Waals surface area contributed by atoms with Gasteiger partial charge in [0.25, 0.3) is 0 Å². The van der Waals surface area contributed by atoms with Crippen LogP contribution in [0.1, 0.15) is 11.3 Å². The standard InChI is InChI=1S/C11H11IN2/c1-7-3-5-9(6-4-7)10-8(2)13-14-11(10)12/h3-6H,1-2H3,(H,13,14). The first kappa shape index (κ1) is 9.71. The largest absolute Gasteiger partial charge is 0.281 e. The van der Waals surface area contributed by atoms with E-state index in [-0.39, 0.29) is 0 Å². The van der Waals surface area contributed by atoms with E-state index in [2.05, 4.69) is 64.0 Å². The number of nitrogens with one attached hydrogen (secondary N) is 1. The average molecular weight is 298 g/mol. The topological polar surface area (TPSA) is 28.7 Å². The number of aromatic amines is 1. The van der Waals surface area contributed by atoms with Crippen molar-refractivity contribution in [3.05, 3.63) is 39.2 Å². The van der Waals surface area contributed by atoms with Crippen molar-refractivity contribution in [2.24, 2.45) is 0 Å². The second-order valence-corrected chi connectivity index (χ2v) is 4.40. The van der Waals surface area contributed by atoms with E-state index in [0.717, 1.165) is 9.39 Å². The van der Waals surface area contributed by atoms with Crippen molar-refractivity contribution in [1.29, 1.82) is 0 Å². The van der Waals surface area contributed by atoms with Crippen LogP contribution in [0.15, 0.2) is 24.3 Å². The van der Waals surface area contributed by atoms with E-state index in [4.69, 9.17) is 0 Å². The molecule has 2 rings (SSSR count). The van der Waals surface area contributed by atoms with Gasteiger partial charge in [0.05, 0.1) is 0 Å². The summed E-state index contributed by atoms with van der Waals surface area (Å²) in [5.41, 5.74) is 4.85. The second-order valence-electron chi connectivity index (χ2n) is 3.38. The number of hydrogen-bond acceptors (Lipinski definition) is 1. The van der Waals surface area contributed by atoms with Crippen LogP contribution in [0.3, 0.4) is 0 Å². The molecule has 0 aliphatic heterocycles. The van der Waals surface area contributed by atoms with Crippen molar-refractivity contribution in [2.75, 3.05) is 0 Å². The van der Waals surface area contributed by atoms with E-state index >= 15 is 0 Å². The summed E-state index contributed by atoms with van der Waals surface area (Å²) in [5, 5.41) is 7.17. The van der Waals surface area contributed by atoms with Gasteiger partial charge in [-0.15, -0.1) is 0 Å². The number of hydrogen-bond donors (Lipinski definition) is 1. The maximum absolute atomic E-state index is 4.18. The highest BCUT2D eigenvalue weighted by molar-refractivity contribution is 14.1. The van der Waals surface area contributed by atoms with Crippen molar-refractivity contribution in [3.63, 3.8) is 0 Å². The molecule has 14 heavy (non-hydrogen) atoms. The number of H-pyrrole nitrogens is 1. The first-order valence-corrected chi connectivity index (χ1v) is 5.54. The number of nitrogens with zero attached hydrogens (tertiary/aromatic N) is 1. The minimum Gasteiger partial charge on any atom is -0.281 e. The summed E-state index contributed by atoms with van der Waals surface area (Å²) in [6, 6.07) is 8.51. The molecule has 72 valence electrons. The van der Waals surface area contributed by atoms with Crippen LogP contribution < -0.4 is 0 Å². The van der Waals surface area contributed by atoms with Crippen molar-refractivity contribution in [3.8, 4) is 11.1 Å². The zero-order valence-electron chi connectivity index (χ0n) is 8.13. The summed E-state index contributed by atoms with van der Waals surface area (Å²) in [6.45, 7) is 4.14. The van der Waals surface area contributed by atoms with Crippen molar-refractivity contribution in [1.82, 2.24) is 10.2 Å². The molecule has 0 radical (unpaired) electrons. The molecule has 0 bridgehead atoms. The number of aryl methyl sites for hydroxylation is 2. The number of benzene rings is 1. The Labute approximate surface area is 96.9 Å². The molecule has 2 aromatic rings. The molecule has 1 N–H and O–H groups in total. The highest BCUT2D eigenvalue weighted by Gasteiger charge is 2.08. The van der Waals surface area contributed by atoms with Crippen LogP contribution in [-0.2, 0) is 0 Å². The minimum absolute atomic E-state index is 1.03. The molecule has 0 spiro atoms. The zero-order chi connectivity index (χ0) is 10.1. The Morgan fingerprint density at radius 2 is 1.79 bits per heavy atom.